The quantitative estimate of drug-likeness (QED) is 0.805. The maximum absolute atomic E-state index is 12.7. The molecule has 0 aliphatic carbocycles. The molecule has 140 valence electrons. The molecule has 1 aromatic carbocycles. The topological polar surface area (TPSA) is 78.5 Å². The SMILES string of the molecule is CCN(CC)S(=O)(=O)c1ccc(C)c(C(=O)NC2CCCNC2C)c1. The molecule has 2 atom stereocenters. The van der Waals surface area contributed by atoms with Gasteiger partial charge in [0.2, 0.25) is 10.0 Å². The van der Waals surface area contributed by atoms with Crippen molar-refractivity contribution in [1.29, 1.82) is 0 Å². The van der Waals surface area contributed by atoms with Crippen LogP contribution in [0.25, 0.3) is 0 Å². The normalized spacial score (nSPS) is 21.3. The predicted octanol–water partition coefficient (Wildman–Crippen LogP) is 1.90. The fraction of sp³-hybridized carbons (Fsp3) is 0.611. The molecule has 0 saturated carbocycles. The van der Waals surface area contributed by atoms with Crippen LogP contribution in [0.5, 0.6) is 0 Å². The van der Waals surface area contributed by atoms with Crippen molar-refractivity contribution in [2.75, 3.05) is 19.6 Å². The van der Waals surface area contributed by atoms with Gasteiger partial charge in [0.05, 0.1) is 4.90 Å². The van der Waals surface area contributed by atoms with Gasteiger partial charge in [-0.2, -0.15) is 4.31 Å². The number of carbonyl (C=O) groups is 1. The third-order valence-corrected chi connectivity index (χ3v) is 6.92. The predicted molar refractivity (Wildman–Crippen MR) is 99.2 cm³/mol. The zero-order chi connectivity index (χ0) is 18.6. The number of nitrogens with zero attached hydrogens (tertiary/aromatic N) is 1. The maximum Gasteiger partial charge on any atom is 0.251 e. The molecule has 0 aromatic heterocycles. The Morgan fingerprint density at radius 1 is 1.32 bits per heavy atom. The van der Waals surface area contributed by atoms with Crippen LogP contribution in [0, 0.1) is 6.92 Å². The molecule has 6 nitrogen and oxygen atoms in total. The van der Waals surface area contributed by atoms with Crippen molar-refractivity contribution in [2.24, 2.45) is 0 Å². The molecular formula is C18H29N3O3S. The van der Waals surface area contributed by atoms with Crippen LogP contribution < -0.4 is 10.6 Å². The highest BCUT2D eigenvalue weighted by atomic mass is 32.2. The molecule has 1 aliphatic rings. The lowest BCUT2D eigenvalue weighted by molar-refractivity contribution is 0.0919. The van der Waals surface area contributed by atoms with E-state index in [1.54, 1.807) is 26.0 Å². The zero-order valence-corrected chi connectivity index (χ0v) is 16.3. The van der Waals surface area contributed by atoms with E-state index in [1.165, 1.54) is 10.4 Å². The lowest BCUT2D eigenvalue weighted by Gasteiger charge is -2.30. The summed E-state index contributed by atoms with van der Waals surface area (Å²) in [7, 11) is -3.58. The summed E-state index contributed by atoms with van der Waals surface area (Å²) in [6.45, 7) is 9.26. The average Bonchev–Trinajstić information content (AvgIpc) is 2.58. The van der Waals surface area contributed by atoms with E-state index in [2.05, 4.69) is 17.6 Å². The number of carbonyl (C=O) groups excluding carboxylic acids is 1. The number of hydrogen-bond donors (Lipinski definition) is 2. The van der Waals surface area contributed by atoms with E-state index in [4.69, 9.17) is 0 Å². The maximum atomic E-state index is 12.7. The van der Waals surface area contributed by atoms with Gasteiger partial charge in [-0.25, -0.2) is 8.42 Å². The van der Waals surface area contributed by atoms with Crippen molar-refractivity contribution in [3.05, 3.63) is 29.3 Å². The highest BCUT2D eigenvalue weighted by Gasteiger charge is 2.26. The van der Waals surface area contributed by atoms with E-state index >= 15 is 0 Å². The Morgan fingerprint density at radius 2 is 2.00 bits per heavy atom. The minimum atomic E-state index is -3.58. The van der Waals surface area contributed by atoms with E-state index < -0.39 is 10.0 Å². The highest BCUT2D eigenvalue weighted by Crippen LogP contribution is 2.20. The highest BCUT2D eigenvalue weighted by molar-refractivity contribution is 7.89. The molecule has 2 unspecified atom stereocenters. The first kappa shape index (κ1) is 19.9. The number of sulfonamides is 1. The van der Waals surface area contributed by atoms with Crippen molar-refractivity contribution < 1.29 is 13.2 Å². The van der Waals surface area contributed by atoms with Crippen LogP contribution in [0.4, 0.5) is 0 Å². The molecule has 1 fully saturated rings. The number of amides is 1. The smallest absolute Gasteiger partial charge is 0.251 e. The summed E-state index contributed by atoms with van der Waals surface area (Å²) in [5, 5.41) is 6.40. The van der Waals surface area contributed by atoms with Crippen LogP contribution in [0.15, 0.2) is 23.1 Å². The minimum absolute atomic E-state index is 0.0590. The molecule has 2 N–H and O–H groups in total. The Balaban J connectivity index is 2.28. The minimum Gasteiger partial charge on any atom is -0.348 e. The van der Waals surface area contributed by atoms with Gasteiger partial charge in [0.15, 0.2) is 0 Å². The summed E-state index contributed by atoms with van der Waals surface area (Å²) in [5.41, 5.74) is 1.19. The average molecular weight is 368 g/mol. The van der Waals surface area contributed by atoms with Crippen molar-refractivity contribution in [3.63, 3.8) is 0 Å². The lowest BCUT2D eigenvalue weighted by atomic mass is 9.99. The van der Waals surface area contributed by atoms with Crippen LogP contribution in [0.2, 0.25) is 0 Å². The second-order valence-corrected chi connectivity index (χ2v) is 8.47. The van der Waals surface area contributed by atoms with E-state index in [-0.39, 0.29) is 22.9 Å². The largest absolute Gasteiger partial charge is 0.348 e. The van der Waals surface area contributed by atoms with Gasteiger partial charge in [-0.05, 0) is 50.9 Å². The fourth-order valence-corrected chi connectivity index (χ4v) is 4.69. The van der Waals surface area contributed by atoms with Gasteiger partial charge < -0.3 is 10.6 Å². The molecule has 7 heteroatoms. The van der Waals surface area contributed by atoms with Gasteiger partial charge in [0, 0.05) is 30.7 Å². The Bertz CT molecular complexity index is 714. The lowest BCUT2D eigenvalue weighted by Crippen LogP contribution is -2.52. The number of piperidine rings is 1. The van der Waals surface area contributed by atoms with Gasteiger partial charge in [-0.1, -0.05) is 19.9 Å². The van der Waals surface area contributed by atoms with Crippen LogP contribution in [0.1, 0.15) is 49.5 Å². The molecule has 25 heavy (non-hydrogen) atoms. The Morgan fingerprint density at radius 3 is 2.60 bits per heavy atom. The molecule has 1 aromatic rings. The Hall–Kier alpha value is -1.44. The molecule has 0 bridgehead atoms. The van der Waals surface area contributed by atoms with E-state index in [0.29, 0.717) is 18.7 Å². The van der Waals surface area contributed by atoms with Crippen LogP contribution in [-0.4, -0.2) is 50.3 Å². The number of aryl methyl sites for hydroxylation is 1. The molecular weight excluding hydrogens is 338 g/mol. The van der Waals surface area contributed by atoms with Crippen molar-refractivity contribution in [2.45, 2.75) is 57.5 Å². The van der Waals surface area contributed by atoms with E-state index in [0.717, 1.165) is 24.9 Å². The van der Waals surface area contributed by atoms with Gasteiger partial charge in [0.25, 0.3) is 5.91 Å². The summed E-state index contributed by atoms with van der Waals surface area (Å²) < 4.78 is 26.8. The first-order chi connectivity index (χ1) is 11.8. The van der Waals surface area contributed by atoms with E-state index in [1.807, 2.05) is 6.92 Å². The van der Waals surface area contributed by atoms with Crippen molar-refractivity contribution in [3.8, 4) is 0 Å². The number of rotatable bonds is 6. The summed E-state index contributed by atoms with van der Waals surface area (Å²) in [6.07, 6.45) is 1.95. The zero-order valence-electron chi connectivity index (χ0n) is 15.5. The van der Waals surface area contributed by atoms with Gasteiger partial charge in [-0.3, -0.25) is 4.79 Å². The standard InChI is InChI=1S/C18H29N3O3S/c1-5-21(6-2)25(23,24)15-10-9-13(3)16(12-15)18(22)20-17-8-7-11-19-14(17)4/h9-10,12,14,17,19H,5-8,11H2,1-4H3,(H,20,22). The third-order valence-electron chi connectivity index (χ3n) is 4.88. The molecule has 1 amide bonds. The number of benzene rings is 1. The summed E-state index contributed by atoms with van der Waals surface area (Å²) in [5.74, 6) is -0.213. The summed E-state index contributed by atoms with van der Waals surface area (Å²) in [4.78, 5) is 12.9. The first-order valence-corrected chi connectivity index (χ1v) is 10.4. The van der Waals surface area contributed by atoms with Crippen molar-refractivity contribution >= 4 is 15.9 Å². The van der Waals surface area contributed by atoms with Crippen LogP contribution in [0.3, 0.4) is 0 Å². The molecule has 1 heterocycles. The Labute approximate surface area is 151 Å². The molecule has 2 rings (SSSR count). The molecule has 0 spiro atoms. The number of nitrogens with one attached hydrogen (secondary N) is 2. The monoisotopic (exact) mass is 367 g/mol. The van der Waals surface area contributed by atoms with E-state index in [9.17, 15) is 13.2 Å². The fourth-order valence-electron chi connectivity index (χ4n) is 3.21. The Kier molecular flexibility index (Phi) is 6.59. The second-order valence-electron chi connectivity index (χ2n) is 6.53. The van der Waals surface area contributed by atoms with Gasteiger partial charge in [0.1, 0.15) is 0 Å². The number of hydrogen-bond acceptors (Lipinski definition) is 4. The third kappa shape index (κ3) is 4.40. The van der Waals surface area contributed by atoms with Crippen LogP contribution >= 0.6 is 0 Å². The summed E-state index contributed by atoms with van der Waals surface area (Å²) >= 11 is 0. The second kappa shape index (κ2) is 8.29. The molecule has 0 radical (unpaired) electrons. The molecule has 1 aliphatic heterocycles. The summed E-state index contributed by atoms with van der Waals surface area (Å²) in [6, 6.07) is 5.04. The van der Waals surface area contributed by atoms with Crippen LogP contribution in [-0.2, 0) is 10.0 Å². The van der Waals surface area contributed by atoms with Gasteiger partial charge >= 0.3 is 0 Å². The van der Waals surface area contributed by atoms with Crippen molar-refractivity contribution in [1.82, 2.24) is 14.9 Å². The molecule has 1 saturated heterocycles. The van der Waals surface area contributed by atoms with Gasteiger partial charge in [-0.15, -0.1) is 0 Å². The first-order valence-electron chi connectivity index (χ1n) is 8.96.